The van der Waals surface area contributed by atoms with Gasteiger partial charge in [0.25, 0.3) is 0 Å². The minimum Gasteiger partial charge on any atom is -0.333 e. The van der Waals surface area contributed by atoms with Crippen molar-refractivity contribution in [3.05, 3.63) is 18.2 Å². The zero-order valence-corrected chi connectivity index (χ0v) is 11.3. The summed E-state index contributed by atoms with van der Waals surface area (Å²) in [6, 6.07) is 0.692. The van der Waals surface area contributed by atoms with Gasteiger partial charge in [-0.05, 0) is 38.3 Å². The number of imidazole rings is 1. The van der Waals surface area contributed by atoms with Gasteiger partial charge < -0.3 is 14.8 Å². The van der Waals surface area contributed by atoms with Crippen LogP contribution in [0.25, 0.3) is 0 Å². The van der Waals surface area contributed by atoms with Gasteiger partial charge >= 0.3 is 0 Å². The lowest BCUT2D eigenvalue weighted by molar-refractivity contribution is 0.0717. The number of nitrogens with one attached hydrogen (secondary N) is 1. The van der Waals surface area contributed by atoms with Crippen LogP contribution in [0.5, 0.6) is 0 Å². The molecule has 4 heteroatoms. The summed E-state index contributed by atoms with van der Waals surface area (Å²) in [4.78, 5) is 6.86. The van der Waals surface area contributed by atoms with E-state index in [1.165, 1.54) is 44.6 Å². The van der Waals surface area contributed by atoms with Crippen LogP contribution >= 0.6 is 0 Å². The summed E-state index contributed by atoms with van der Waals surface area (Å²) in [5.74, 6) is 0.901. The largest absolute Gasteiger partial charge is 0.333 e. The van der Waals surface area contributed by atoms with Crippen molar-refractivity contribution in [1.82, 2.24) is 19.8 Å². The third kappa shape index (κ3) is 2.45. The first-order valence-electron chi connectivity index (χ1n) is 7.31. The molecule has 4 nitrogen and oxygen atoms in total. The van der Waals surface area contributed by atoms with E-state index in [0.29, 0.717) is 6.04 Å². The number of piperidine rings is 3. The molecule has 3 aliphatic heterocycles. The second-order valence-corrected chi connectivity index (χ2v) is 5.70. The fourth-order valence-electron chi connectivity index (χ4n) is 3.37. The molecule has 2 bridgehead atoms. The van der Waals surface area contributed by atoms with E-state index in [0.717, 1.165) is 19.0 Å². The molecule has 1 aromatic heterocycles. The second-order valence-electron chi connectivity index (χ2n) is 5.70. The normalized spacial score (nSPS) is 30.8. The Balaban J connectivity index is 1.56. The molecule has 1 N–H and O–H groups in total. The van der Waals surface area contributed by atoms with E-state index in [2.05, 4.69) is 26.7 Å². The molecule has 0 aliphatic carbocycles. The molecule has 1 atom stereocenters. The number of aromatic nitrogens is 2. The standard InChI is InChI=1S/C14H24N4/c1-2-5-18-11-15-8-13(18)9-16-14-10-17-6-3-12(14)4-7-17/h8,11-12,14,16H,2-7,9-10H2,1H3. The maximum absolute atomic E-state index is 4.26. The van der Waals surface area contributed by atoms with Crippen LogP contribution in [0.2, 0.25) is 0 Å². The highest BCUT2D eigenvalue weighted by Crippen LogP contribution is 2.27. The van der Waals surface area contributed by atoms with E-state index < -0.39 is 0 Å². The van der Waals surface area contributed by atoms with E-state index in [4.69, 9.17) is 0 Å². The summed E-state index contributed by atoms with van der Waals surface area (Å²) in [5, 5.41) is 3.75. The highest BCUT2D eigenvalue weighted by atomic mass is 15.2. The highest BCUT2D eigenvalue weighted by Gasteiger charge is 2.33. The van der Waals surface area contributed by atoms with E-state index >= 15 is 0 Å². The molecule has 0 saturated carbocycles. The van der Waals surface area contributed by atoms with Gasteiger partial charge in [-0.2, -0.15) is 0 Å². The molecule has 4 heterocycles. The molecule has 3 saturated heterocycles. The first kappa shape index (κ1) is 12.2. The summed E-state index contributed by atoms with van der Waals surface area (Å²) in [6.45, 7) is 8.14. The molecular weight excluding hydrogens is 224 g/mol. The van der Waals surface area contributed by atoms with Crippen molar-refractivity contribution in [3.8, 4) is 0 Å². The van der Waals surface area contributed by atoms with Crippen LogP contribution in [0.3, 0.4) is 0 Å². The van der Waals surface area contributed by atoms with Crippen LogP contribution in [-0.4, -0.2) is 40.1 Å². The first-order chi connectivity index (χ1) is 8.86. The highest BCUT2D eigenvalue weighted by molar-refractivity contribution is 5.00. The Bertz CT molecular complexity index is 379. The number of rotatable bonds is 5. The zero-order chi connectivity index (χ0) is 12.4. The van der Waals surface area contributed by atoms with E-state index in [1.54, 1.807) is 0 Å². The van der Waals surface area contributed by atoms with Crippen molar-refractivity contribution < 1.29 is 0 Å². The number of aryl methyl sites for hydroxylation is 1. The van der Waals surface area contributed by atoms with Crippen LogP contribution in [0.1, 0.15) is 31.9 Å². The quantitative estimate of drug-likeness (QED) is 0.857. The minimum atomic E-state index is 0.692. The summed E-state index contributed by atoms with van der Waals surface area (Å²) < 4.78 is 2.27. The van der Waals surface area contributed by atoms with Crippen LogP contribution in [0, 0.1) is 5.92 Å². The Kier molecular flexibility index (Phi) is 3.66. The fraction of sp³-hybridized carbons (Fsp3) is 0.786. The van der Waals surface area contributed by atoms with Crippen molar-refractivity contribution >= 4 is 0 Å². The van der Waals surface area contributed by atoms with Gasteiger partial charge in [0.15, 0.2) is 0 Å². The Morgan fingerprint density at radius 1 is 1.39 bits per heavy atom. The Hall–Kier alpha value is -0.870. The molecule has 1 unspecified atom stereocenters. The molecule has 0 aromatic carbocycles. The predicted molar refractivity (Wildman–Crippen MR) is 72.3 cm³/mol. The van der Waals surface area contributed by atoms with Gasteiger partial charge in [-0.15, -0.1) is 0 Å². The van der Waals surface area contributed by atoms with Crippen LogP contribution in [-0.2, 0) is 13.1 Å². The molecule has 3 aliphatic rings. The molecule has 18 heavy (non-hydrogen) atoms. The summed E-state index contributed by atoms with van der Waals surface area (Å²) in [7, 11) is 0. The Labute approximate surface area is 109 Å². The molecule has 3 fully saturated rings. The third-order valence-corrected chi connectivity index (χ3v) is 4.46. The summed E-state index contributed by atoms with van der Waals surface area (Å²) in [6.07, 6.45) is 7.89. The van der Waals surface area contributed by atoms with Gasteiger partial charge in [-0.25, -0.2) is 4.98 Å². The van der Waals surface area contributed by atoms with E-state index in [1.807, 2.05) is 12.5 Å². The lowest BCUT2D eigenvalue weighted by Gasteiger charge is -2.45. The van der Waals surface area contributed by atoms with Gasteiger partial charge in [0.2, 0.25) is 0 Å². The molecule has 0 amide bonds. The van der Waals surface area contributed by atoms with Gasteiger partial charge in [0, 0.05) is 31.9 Å². The van der Waals surface area contributed by atoms with Gasteiger partial charge in [-0.1, -0.05) is 6.92 Å². The molecular formula is C14H24N4. The van der Waals surface area contributed by atoms with Gasteiger partial charge in [0.05, 0.1) is 12.0 Å². The van der Waals surface area contributed by atoms with E-state index in [9.17, 15) is 0 Å². The molecule has 4 rings (SSSR count). The Morgan fingerprint density at radius 2 is 2.22 bits per heavy atom. The average Bonchev–Trinajstić information content (AvgIpc) is 2.86. The molecule has 1 aromatic rings. The monoisotopic (exact) mass is 248 g/mol. The zero-order valence-electron chi connectivity index (χ0n) is 11.3. The number of fused-ring (bicyclic) bond motifs is 3. The van der Waals surface area contributed by atoms with Crippen LogP contribution in [0.4, 0.5) is 0 Å². The maximum atomic E-state index is 4.26. The molecule has 100 valence electrons. The van der Waals surface area contributed by atoms with Crippen molar-refractivity contribution in [2.45, 2.75) is 45.3 Å². The lowest BCUT2D eigenvalue weighted by Crippen LogP contribution is -2.55. The van der Waals surface area contributed by atoms with Gasteiger partial charge in [0.1, 0.15) is 0 Å². The average molecular weight is 248 g/mol. The van der Waals surface area contributed by atoms with Crippen molar-refractivity contribution in [2.24, 2.45) is 5.92 Å². The van der Waals surface area contributed by atoms with Crippen molar-refractivity contribution in [1.29, 1.82) is 0 Å². The minimum absolute atomic E-state index is 0.692. The summed E-state index contributed by atoms with van der Waals surface area (Å²) >= 11 is 0. The molecule has 0 radical (unpaired) electrons. The summed E-state index contributed by atoms with van der Waals surface area (Å²) in [5.41, 5.74) is 1.33. The van der Waals surface area contributed by atoms with Gasteiger partial charge in [-0.3, -0.25) is 0 Å². The molecule has 0 spiro atoms. The van der Waals surface area contributed by atoms with Crippen molar-refractivity contribution in [2.75, 3.05) is 19.6 Å². The number of nitrogens with zero attached hydrogens (tertiary/aromatic N) is 3. The SMILES string of the molecule is CCCn1cncc1CNC1CN2CCC1CC2. The second kappa shape index (κ2) is 5.41. The lowest BCUT2D eigenvalue weighted by atomic mass is 9.84. The van der Waals surface area contributed by atoms with Crippen molar-refractivity contribution in [3.63, 3.8) is 0 Å². The van der Waals surface area contributed by atoms with Crippen LogP contribution in [0.15, 0.2) is 12.5 Å². The van der Waals surface area contributed by atoms with Crippen LogP contribution < -0.4 is 5.32 Å². The fourth-order valence-corrected chi connectivity index (χ4v) is 3.37. The maximum Gasteiger partial charge on any atom is 0.0948 e. The predicted octanol–water partition coefficient (Wildman–Crippen LogP) is 1.48. The smallest absolute Gasteiger partial charge is 0.0948 e. The number of hydrogen-bond acceptors (Lipinski definition) is 3. The third-order valence-electron chi connectivity index (χ3n) is 4.46. The van der Waals surface area contributed by atoms with E-state index in [-0.39, 0.29) is 0 Å². The topological polar surface area (TPSA) is 33.1 Å². The number of hydrogen-bond donors (Lipinski definition) is 1. The Morgan fingerprint density at radius 3 is 2.89 bits per heavy atom. The first-order valence-corrected chi connectivity index (χ1v) is 7.31.